The Balaban J connectivity index is 1.00. The molecule has 57 heavy (non-hydrogen) atoms. The van der Waals surface area contributed by atoms with Crippen LogP contribution in [0.5, 0.6) is 0 Å². The van der Waals surface area contributed by atoms with Crippen LogP contribution in [0.4, 0.5) is 0 Å². The highest BCUT2D eigenvalue weighted by atomic mass is 16.3. The van der Waals surface area contributed by atoms with Crippen molar-refractivity contribution in [3.63, 3.8) is 0 Å². The third-order valence-corrected chi connectivity index (χ3v) is 11.7. The van der Waals surface area contributed by atoms with E-state index in [2.05, 4.69) is 199 Å². The number of allylic oxidation sites excluding steroid dienone is 3. The second-order valence-electron chi connectivity index (χ2n) is 15.2. The zero-order valence-electron chi connectivity index (χ0n) is 31.3. The number of hydrogen-bond donors (Lipinski definition) is 2. The van der Waals surface area contributed by atoms with Crippen LogP contribution in [0.1, 0.15) is 29.3 Å². The van der Waals surface area contributed by atoms with Crippen LogP contribution in [0.25, 0.3) is 71.3 Å². The van der Waals surface area contributed by atoms with E-state index < -0.39 is 0 Å². The Morgan fingerprint density at radius 1 is 0.526 bits per heavy atom. The standard InChI is InChI=1S/C53H39N3O/c1-3-12-34(13-4-1)40-28-22-35-23-29-41(31-42(35)30-40)47-32-43(33-49-50(47)46-19-9-10-21-48(46)57-49)53-55-51(38-15-5-2-6-16-38)54-52(56-53)39-26-24-37(25-27-39)45-20-11-17-36-14-7-8-18-44(36)45/h1-26,28-33,39,51-52,54H,27H2,(H,55,56). The van der Waals surface area contributed by atoms with Crippen LogP contribution in [0.15, 0.2) is 204 Å². The van der Waals surface area contributed by atoms with E-state index in [0.717, 1.165) is 56.4 Å². The molecule has 3 atom stereocenters. The maximum atomic E-state index is 6.63. The second kappa shape index (κ2) is 13.9. The molecule has 0 amide bonds. The van der Waals surface area contributed by atoms with Crippen molar-refractivity contribution in [1.82, 2.24) is 10.6 Å². The zero-order chi connectivity index (χ0) is 37.7. The van der Waals surface area contributed by atoms with Crippen LogP contribution in [0.2, 0.25) is 0 Å². The molecule has 1 aliphatic carbocycles. The molecular weight excluding hydrogens is 695 g/mol. The fourth-order valence-electron chi connectivity index (χ4n) is 8.76. The van der Waals surface area contributed by atoms with Gasteiger partial charge in [0.05, 0.1) is 6.17 Å². The number of benzene rings is 8. The average Bonchev–Trinajstić information content (AvgIpc) is 3.67. The Hall–Kier alpha value is -7.01. The van der Waals surface area contributed by atoms with Gasteiger partial charge in [-0.25, -0.2) is 4.99 Å². The number of para-hydroxylation sites is 1. The molecule has 0 fully saturated rings. The lowest BCUT2D eigenvalue weighted by atomic mass is 9.88. The number of amidine groups is 1. The molecule has 3 unspecified atom stereocenters. The van der Waals surface area contributed by atoms with E-state index in [1.165, 1.54) is 43.8 Å². The van der Waals surface area contributed by atoms with E-state index >= 15 is 0 Å². The smallest absolute Gasteiger partial charge is 0.136 e. The summed E-state index contributed by atoms with van der Waals surface area (Å²) >= 11 is 0. The van der Waals surface area contributed by atoms with Gasteiger partial charge in [-0.2, -0.15) is 0 Å². The molecular formula is C53H39N3O. The minimum absolute atomic E-state index is 0.0591. The van der Waals surface area contributed by atoms with Crippen molar-refractivity contribution in [3.05, 3.63) is 211 Å². The summed E-state index contributed by atoms with van der Waals surface area (Å²) in [5, 5.41) is 14.9. The largest absolute Gasteiger partial charge is 0.456 e. The fraction of sp³-hybridized carbons (Fsp3) is 0.0755. The van der Waals surface area contributed by atoms with Crippen molar-refractivity contribution in [1.29, 1.82) is 0 Å². The van der Waals surface area contributed by atoms with Gasteiger partial charge < -0.3 is 9.73 Å². The van der Waals surface area contributed by atoms with Gasteiger partial charge in [-0.1, -0.05) is 164 Å². The molecule has 0 saturated heterocycles. The van der Waals surface area contributed by atoms with E-state index in [9.17, 15) is 0 Å². The van der Waals surface area contributed by atoms with Gasteiger partial charge in [0.1, 0.15) is 23.2 Å². The lowest BCUT2D eigenvalue weighted by Gasteiger charge is -2.36. The van der Waals surface area contributed by atoms with E-state index in [1.807, 2.05) is 6.07 Å². The Kier molecular flexibility index (Phi) is 8.15. The third-order valence-electron chi connectivity index (χ3n) is 11.7. The molecule has 0 bridgehead atoms. The van der Waals surface area contributed by atoms with Crippen molar-refractivity contribution in [3.8, 4) is 22.3 Å². The van der Waals surface area contributed by atoms with E-state index in [1.54, 1.807) is 0 Å². The summed E-state index contributed by atoms with van der Waals surface area (Å²) in [6.07, 6.45) is 7.65. The molecule has 0 spiro atoms. The maximum absolute atomic E-state index is 6.63. The van der Waals surface area contributed by atoms with E-state index in [4.69, 9.17) is 9.41 Å². The molecule has 4 heteroatoms. The molecule has 2 aliphatic rings. The summed E-state index contributed by atoms with van der Waals surface area (Å²) in [5.41, 5.74) is 11.0. The van der Waals surface area contributed by atoms with Crippen LogP contribution < -0.4 is 10.6 Å². The molecule has 0 saturated carbocycles. The quantitative estimate of drug-likeness (QED) is 0.179. The second-order valence-corrected chi connectivity index (χ2v) is 15.2. The number of nitrogens with zero attached hydrogens (tertiary/aromatic N) is 1. The summed E-state index contributed by atoms with van der Waals surface area (Å²) in [4.78, 5) is 5.37. The summed E-state index contributed by atoms with van der Waals surface area (Å²) in [6, 6.07) is 62.7. The van der Waals surface area contributed by atoms with Crippen LogP contribution in [0, 0.1) is 5.92 Å². The first-order chi connectivity index (χ1) is 28.2. The highest BCUT2D eigenvalue weighted by Crippen LogP contribution is 2.40. The van der Waals surface area contributed by atoms with Crippen LogP contribution in [0.3, 0.4) is 0 Å². The van der Waals surface area contributed by atoms with Gasteiger partial charge in [0.2, 0.25) is 0 Å². The monoisotopic (exact) mass is 733 g/mol. The number of aliphatic imine (C=N–C) groups is 1. The summed E-state index contributed by atoms with van der Waals surface area (Å²) in [5.74, 6) is 1.05. The molecule has 2 N–H and O–H groups in total. The predicted molar refractivity (Wildman–Crippen MR) is 237 cm³/mol. The number of hydrogen-bond acceptors (Lipinski definition) is 4. The van der Waals surface area contributed by atoms with Gasteiger partial charge in [0.15, 0.2) is 0 Å². The van der Waals surface area contributed by atoms with Gasteiger partial charge in [-0.3, -0.25) is 5.32 Å². The highest BCUT2D eigenvalue weighted by molar-refractivity contribution is 6.16. The minimum Gasteiger partial charge on any atom is -0.456 e. The molecule has 9 aromatic rings. The lowest BCUT2D eigenvalue weighted by molar-refractivity contribution is 0.328. The van der Waals surface area contributed by atoms with Crippen molar-refractivity contribution >= 4 is 54.9 Å². The van der Waals surface area contributed by atoms with Crippen molar-refractivity contribution in [2.45, 2.75) is 18.8 Å². The van der Waals surface area contributed by atoms with Gasteiger partial charge in [-0.05, 0) is 97.3 Å². The summed E-state index contributed by atoms with van der Waals surface area (Å²) in [7, 11) is 0. The Morgan fingerprint density at radius 3 is 2.11 bits per heavy atom. The van der Waals surface area contributed by atoms with Gasteiger partial charge in [0, 0.05) is 22.3 Å². The molecule has 8 aromatic carbocycles. The first-order valence-corrected chi connectivity index (χ1v) is 19.8. The number of rotatable bonds is 6. The molecule has 0 radical (unpaired) electrons. The van der Waals surface area contributed by atoms with Crippen LogP contribution in [-0.4, -0.2) is 12.0 Å². The molecule has 1 aromatic heterocycles. The van der Waals surface area contributed by atoms with Crippen molar-refractivity contribution < 1.29 is 4.42 Å². The van der Waals surface area contributed by atoms with Crippen molar-refractivity contribution in [2.75, 3.05) is 0 Å². The first kappa shape index (κ1) is 33.3. The fourth-order valence-corrected chi connectivity index (χ4v) is 8.76. The molecule has 272 valence electrons. The van der Waals surface area contributed by atoms with Crippen molar-refractivity contribution in [2.24, 2.45) is 10.9 Å². The maximum Gasteiger partial charge on any atom is 0.136 e. The van der Waals surface area contributed by atoms with E-state index in [0.29, 0.717) is 0 Å². The molecule has 4 nitrogen and oxygen atoms in total. The Bertz CT molecular complexity index is 3060. The predicted octanol–water partition coefficient (Wildman–Crippen LogP) is 12.9. The summed E-state index contributed by atoms with van der Waals surface area (Å²) in [6.45, 7) is 0. The summed E-state index contributed by atoms with van der Waals surface area (Å²) < 4.78 is 6.63. The minimum atomic E-state index is -0.226. The molecule has 2 heterocycles. The topological polar surface area (TPSA) is 49.6 Å². The first-order valence-electron chi connectivity index (χ1n) is 19.8. The van der Waals surface area contributed by atoms with Crippen LogP contribution in [-0.2, 0) is 0 Å². The highest BCUT2D eigenvalue weighted by Gasteiger charge is 2.30. The Labute approximate surface area is 331 Å². The lowest BCUT2D eigenvalue weighted by Crippen LogP contribution is -2.54. The zero-order valence-corrected chi connectivity index (χ0v) is 31.3. The Morgan fingerprint density at radius 2 is 1.26 bits per heavy atom. The normalized spacial score (nSPS) is 18.1. The molecule has 11 rings (SSSR count). The van der Waals surface area contributed by atoms with E-state index in [-0.39, 0.29) is 18.2 Å². The number of fused-ring (bicyclic) bond motifs is 5. The third kappa shape index (κ3) is 6.12. The molecule has 1 aliphatic heterocycles. The SMILES string of the molecule is C1=CC(C2NC(c3cc(-c4ccc5ccc(-c6ccccc6)cc5c4)c4c(c3)oc3ccccc34)=NC(c3ccccc3)N2)CC=C1c1cccc2ccccc12. The van der Waals surface area contributed by atoms with Crippen LogP contribution >= 0.6 is 0 Å². The van der Waals surface area contributed by atoms with Gasteiger partial charge in [-0.15, -0.1) is 0 Å². The number of furan rings is 1. The number of nitrogens with one attached hydrogen (secondary N) is 2. The van der Waals surface area contributed by atoms with Gasteiger partial charge >= 0.3 is 0 Å². The average molecular weight is 734 g/mol. The van der Waals surface area contributed by atoms with Gasteiger partial charge in [0.25, 0.3) is 0 Å².